The molecule has 0 saturated carbocycles. The number of thioether (sulfide) groups is 1. The molecule has 5 heteroatoms. The smallest absolute Gasteiger partial charge is 0.237 e. The van der Waals surface area contributed by atoms with E-state index in [0.29, 0.717) is 11.3 Å². The molecule has 0 aliphatic rings. The summed E-state index contributed by atoms with van der Waals surface area (Å²) in [5, 5.41) is 0. The van der Waals surface area contributed by atoms with Gasteiger partial charge in [0.1, 0.15) is 5.82 Å². The molecule has 0 fully saturated rings. The first-order valence-electron chi connectivity index (χ1n) is 5.89. The van der Waals surface area contributed by atoms with Gasteiger partial charge >= 0.3 is 0 Å². The molecular formula is C13H19FN2OS. The minimum Gasteiger partial charge on any atom is -0.368 e. The van der Waals surface area contributed by atoms with E-state index in [1.54, 1.807) is 19.1 Å². The number of rotatable bonds is 7. The molecule has 0 aliphatic carbocycles. The van der Waals surface area contributed by atoms with E-state index in [1.807, 2.05) is 6.07 Å². The van der Waals surface area contributed by atoms with Crippen LogP contribution >= 0.6 is 11.8 Å². The Morgan fingerprint density at radius 3 is 2.67 bits per heavy atom. The summed E-state index contributed by atoms with van der Waals surface area (Å²) in [6.07, 6.45) is 2.23. The molecular weight excluding hydrogens is 251 g/mol. The van der Waals surface area contributed by atoms with Gasteiger partial charge in [0.25, 0.3) is 0 Å². The van der Waals surface area contributed by atoms with Gasteiger partial charge in [0.05, 0.1) is 5.54 Å². The zero-order valence-corrected chi connectivity index (χ0v) is 11.3. The normalized spacial score (nSPS) is 14.2. The second kappa shape index (κ2) is 6.75. The fourth-order valence-corrected chi connectivity index (χ4v) is 2.41. The molecule has 3 nitrogen and oxygen atoms in total. The maximum atomic E-state index is 13.3. The lowest BCUT2D eigenvalue weighted by molar-refractivity contribution is -0.122. The van der Waals surface area contributed by atoms with Crippen LogP contribution in [0, 0.1) is 5.82 Å². The van der Waals surface area contributed by atoms with Crippen molar-refractivity contribution in [3.8, 4) is 0 Å². The highest BCUT2D eigenvalue weighted by Gasteiger charge is 2.24. The molecule has 1 aromatic carbocycles. The van der Waals surface area contributed by atoms with Crippen molar-refractivity contribution in [1.82, 2.24) is 0 Å². The lowest BCUT2D eigenvalue weighted by Gasteiger charge is -2.19. The molecule has 1 rings (SSSR count). The van der Waals surface area contributed by atoms with Gasteiger partial charge in [-0.2, -0.15) is 0 Å². The highest BCUT2D eigenvalue weighted by Crippen LogP contribution is 2.23. The van der Waals surface area contributed by atoms with Crippen molar-refractivity contribution in [2.24, 2.45) is 11.5 Å². The second-order valence-corrected chi connectivity index (χ2v) is 5.65. The fraction of sp³-hybridized carbons (Fsp3) is 0.462. The van der Waals surface area contributed by atoms with E-state index >= 15 is 0 Å². The lowest BCUT2D eigenvalue weighted by Crippen LogP contribution is -2.49. The molecule has 0 radical (unpaired) electrons. The zero-order valence-electron chi connectivity index (χ0n) is 10.5. The average Bonchev–Trinajstić information content (AvgIpc) is 2.30. The summed E-state index contributed by atoms with van der Waals surface area (Å²) >= 11 is 1.47. The SMILES string of the molecule is CC(N)(CCCCSc1ccccc1F)C(N)=O. The summed E-state index contributed by atoms with van der Waals surface area (Å²) in [7, 11) is 0. The number of carbonyl (C=O) groups is 1. The van der Waals surface area contributed by atoms with Crippen LogP contribution in [0.15, 0.2) is 29.2 Å². The third-order valence-electron chi connectivity index (χ3n) is 2.75. The summed E-state index contributed by atoms with van der Waals surface area (Å²) in [5.74, 6) is 0.128. The van der Waals surface area contributed by atoms with Crippen molar-refractivity contribution in [3.63, 3.8) is 0 Å². The van der Waals surface area contributed by atoms with Gasteiger partial charge in [-0.05, 0) is 37.7 Å². The highest BCUT2D eigenvalue weighted by molar-refractivity contribution is 7.99. The molecule has 0 aromatic heterocycles. The predicted octanol–water partition coefficient (Wildman–Crippen LogP) is 2.29. The van der Waals surface area contributed by atoms with Gasteiger partial charge in [0, 0.05) is 4.90 Å². The summed E-state index contributed by atoms with van der Waals surface area (Å²) in [4.78, 5) is 11.6. The first kappa shape index (κ1) is 15.0. The average molecular weight is 270 g/mol. The maximum absolute atomic E-state index is 13.3. The van der Waals surface area contributed by atoms with E-state index in [0.717, 1.165) is 18.6 Å². The Morgan fingerprint density at radius 1 is 1.39 bits per heavy atom. The van der Waals surface area contributed by atoms with Gasteiger partial charge < -0.3 is 11.5 Å². The third-order valence-corrected chi connectivity index (χ3v) is 3.88. The quantitative estimate of drug-likeness (QED) is 0.590. The molecule has 4 N–H and O–H groups in total. The van der Waals surface area contributed by atoms with Gasteiger partial charge in [-0.1, -0.05) is 18.6 Å². The molecule has 0 bridgehead atoms. The molecule has 0 aliphatic heterocycles. The summed E-state index contributed by atoms with van der Waals surface area (Å²) < 4.78 is 13.3. The lowest BCUT2D eigenvalue weighted by atomic mass is 9.96. The number of halogens is 1. The molecule has 1 aromatic rings. The van der Waals surface area contributed by atoms with Crippen molar-refractivity contribution in [2.75, 3.05) is 5.75 Å². The van der Waals surface area contributed by atoms with Crippen LogP contribution in [0.25, 0.3) is 0 Å². The topological polar surface area (TPSA) is 69.1 Å². The Balaban J connectivity index is 2.24. The van der Waals surface area contributed by atoms with Crippen LogP contribution in [0.5, 0.6) is 0 Å². The minimum atomic E-state index is -0.942. The summed E-state index contributed by atoms with van der Waals surface area (Å²) in [5.41, 5.74) is 9.97. The van der Waals surface area contributed by atoms with Crippen molar-refractivity contribution in [1.29, 1.82) is 0 Å². The van der Waals surface area contributed by atoms with Gasteiger partial charge in [-0.25, -0.2) is 4.39 Å². The number of carbonyl (C=O) groups excluding carboxylic acids is 1. The Bertz CT molecular complexity index is 410. The molecule has 1 unspecified atom stereocenters. The Kier molecular flexibility index (Phi) is 5.62. The van der Waals surface area contributed by atoms with Crippen LogP contribution in [0.3, 0.4) is 0 Å². The van der Waals surface area contributed by atoms with Crippen LogP contribution in [0.2, 0.25) is 0 Å². The first-order valence-corrected chi connectivity index (χ1v) is 6.88. The monoisotopic (exact) mass is 270 g/mol. The van der Waals surface area contributed by atoms with E-state index in [4.69, 9.17) is 11.5 Å². The number of amides is 1. The standard InChI is InChI=1S/C13H19FN2OS/c1-13(16,12(15)17)8-4-5-9-18-11-7-3-2-6-10(11)14/h2-3,6-7H,4-5,8-9,16H2,1H3,(H2,15,17). The maximum Gasteiger partial charge on any atom is 0.237 e. The zero-order chi connectivity index (χ0) is 13.6. The summed E-state index contributed by atoms with van der Waals surface area (Å²) in [6.45, 7) is 1.64. The van der Waals surface area contributed by atoms with E-state index < -0.39 is 11.4 Å². The van der Waals surface area contributed by atoms with Crippen LogP contribution in [0.4, 0.5) is 4.39 Å². The van der Waals surface area contributed by atoms with Crippen LogP contribution in [-0.4, -0.2) is 17.2 Å². The number of hydrogen-bond donors (Lipinski definition) is 2. The predicted molar refractivity (Wildman–Crippen MR) is 72.8 cm³/mol. The number of hydrogen-bond acceptors (Lipinski definition) is 3. The minimum absolute atomic E-state index is 0.191. The van der Waals surface area contributed by atoms with Crippen molar-refractivity contribution in [3.05, 3.63) is 30.1 Å². The Labute approximate surface area is 111 Å². The van der Waals surface area contributed by atoms with Gasteiger partial charge in [-0.15, -0.1) is 11.8 Å². The molecule has 1 atom stereocenters. The van der Waals surface area contributed by atoms with Crippen LogP contribution in [-0.2, 0) is 4.79 Å². The molecule has 0 saturated heterocycles. The van der Waals surface area contributed by atoms with E-state index in [-0.39, 0.29) is 5.82 Å². The van der Waals surface area contributed by atoms with Gasteiger partial charge in [0.2, 0.25) is 5.91 Å². The van der Waals surface area contributed by atoms with Crippen molar-refractivity contribution >= 4 is 17.7 Å². The molecule has 18 heavy (non-hydrogen) atoms. The Hall–Kier alpha value is -1.07. The second-order valence-electron chi connectivity index (χ2n) is 4.52. The van der Waals surface area contributed by atoms with Crippen molar-refractivity contribution in [2.45, 2.75) is 36.6 Å². The molecule has 0 spiro atoms. The largest absolute Gasteiger partial charge is 0.368 e. The van der Waals surface area contributed by atoms with E-state index in [1.165, 1.54) is 17.8 Å². The van der Waals surface area contributed by atoms with E-state index in [9.17, 15) is 9.18 Å². The molecule has 1 amide bonds. The number of primary amides is 1. The van der Waals surface area contributed by atoms with Crippen LogP contribution < -0.4 is 11.5 Å². The third kappa shape index (κ3) is 4.66. The van der Waals surface area contributed by atoms with Gasteiger partial charge in [-0.3, -0.25) is 4.79 Å². The van der Waals surface area contributed by atoms with Crippen LogP contribution in [0.1, 0.15) is 26.2 Å². The first-order chi connectivity index (χ1) is 8.43. The van der Waals surface area contributed by atoms with Gasteiger partial charge in [0.15, 0.2) is 0 Å². The number of unbranched alkanes of at least 4 members (excludes halogenated alkanes) is 1. The Morgan fingerprint density at radius 2 is 2.06 bits per heavy atom. The molecule has 100 valence electrons. The highest BCUT2D eigenvalue weighted by atomic mass is 32.2. The fourth-order valence-electron chi connectivity index (χ4n) is 1.46. The van der Waals surface area contributed by atoms with E-state index in [2.05, 4.69) is 0 Å². The number of nitrogens with two attached hydrogens (primary N) is 2. The molecule has 0 heterocycles. The number of benzene rings is 1. The van der Waals surface area contributed by atoms with Crippen molar-refractivity contribution < 1.29 is 9.18 Å². The summed E-state index contributed by atoms with van der Waals surface area (Å²) in [6, 6.07) is 6.70.